The monoisotopic (exact) mass is 269 g/mol. The fourth-order valence-electron chi connectivity index (χ4n) is 1.55. The molecule has 3 nitrogen and oxygen atoms in total. The summed E-state index contributed by atoms with van der Waals surface area (Å²) in [5, 5.41) is 3.73. The Morgan fingerprint density at radius 1 is 1.40 bits per heavy atom. The van der Waals surface area contributed by atoms with Crippen LogP contribution in [0.1, 0.15) is 12.8 Å². The molecular formula is C11H12BrNO2. The minimum absolute atomic E-state index is 0.0466. The van der Waals surface area contributed by atoms with E-state index in [9.17, 15) is 4.79 Å². The van der Waals surface area contributed by atoms with Gasteiger partial charge in [0.15, 0.2) is 6.10 Å². The van der Waals surface area contributed by atoms with Crippen LogP contribution in [-0.4, -0.2) is 17.3 Å². The molecular weight excluding hydrogens is 258 g/mol. The third-order valence-corrected chi connectivity index (χ3v) is 2.87. The molecule has 1 unspecified atom stereocenters. The highest BCUT2D eigenvalue weighted by Gasteiger charge is 2.26. The van der Waals surface area contributed by atoms with Crippen molar-refractivity contribution in [1.82, 2.24) is 0 Å². The van der Waals surface area contributed by atoms with Gasteiger partial charge in [-0.05, 0) is 25.0 Å². The lowest BCUT2D eigenvalue weighted by Crippen LogP contribution is -2.36. The minimum atomic E-state index is -0.350. The molecule has 1 aromatic carbocycles. The lowest BCUT2D eigenvalue weighted by molar-refractivity contribution is -0.123. The average molecular weight is 270 g/mol. The molecule has 1 aliphatic rings. The lowest BCUT2D eigenvalue weighted by atomic mass is 10.1. The number of nitrogens with one attached hydrogen (secondary N) is 1. The highest BCUT2D eigenvalue weighted by Crippen LogP contribution is 2.29. The largest absolute Gasteiger partial charge is 0.478 e. The van der Waals surface area contributed by atoms with Crippen LogP contribution in [0.5, 0.6) is 5.75 Å². The quantitative estimate of drug-likeness (QED) is 0.857. The van der Waals surface area contributed by atoms with E-state index >= 15 is 0 Å². The second-order valence-corrected chi connectivity index (χ2v) is 4.22. The van der Waals surface area contributed by atoms with Gasteiger partial charge in [-0.15, -0.1) is 0 Å². The number of carbonyl (C=O) groups is 1. The first-order valence-corrected chi connectivity index (χ1v) is 6.06. The third kappa shape index (κ3) is 2.31. The van der Waals surface area contributed by atoms with E-state index in [2.05, 4.69) is 21.2 Å². The van der Waals surface area contributed by atoms with E-state index in [1.807, 2.05) is 24.3 Å². The highest BCUT2D eigenvalue weighted by molar-refractivity contribution is 9.09. The van der Waals surface area contributed by atoms with Gasteiger partial charge in [0, 0.05) is 5.33 Å². The van der Waals surface area contributed by atoms with Crippen molar-refractivity contribution in [2.75, 3.05) is 10.6 Å². The van der Waals surface area contributed by atoms with Gasteiger partial charge in [0.2, 0.25) is 0 Å². The Kier molecular flexibility index (Phi) is 3.26. The Labute approximate surface area is 96.9 Å². The van der Waals surface area contributed by atoms with E-state index in [4.69, 9.17) is 4.74 Å². The summed E-state index contributed by atoms with van der Waals surface area (Å²) in [6.45, 7) is 0. The van der Waals surface area contributed by atoms with E-state index in [0.29, 0.717) is 0 Å². The van der Waals surface area contributed by atoms with Crippen molar-refractivity contribution in [2.45, 2.75) is 18.9 Å². The van der Waals surface area contributed by atoms with Crippen LogP contribution in [0.2, 0.25) is 0 Å². The van der Waals surface area contributed by atoms with E-state index in [-0.39, 0.29) is 12.0 Å². The molecule has 80 valence electrons. The number of carbonyl (C=O) groups excluding carboxylic acids is 1. The van der Waals surface area contributed by atoms with Crippen LogP contribution in [0.4, 0.5) is 5.69 Å². The van der Waals surface area contributed by atoms with Crippen molar-refractivity contribution in [1.29, 1.82) is 0 Å². The van der Waals surface area contributed by atoms with Crippen LogP contribution in [0, 0.1) is 0 Å². The number of hydrogen-bond donors (Lipinski definition) is 1. The number of alkyl halides is 1. The molecule has 0 aliphatic carbocycles. The second-order valence-electron chi connectivity index (χ2n) is 3.42. The third-order valence-electron chi connectivity index (χ3n) is 2.31. The Morgan fingerprint density at radius 2 is 2.20 bits per heavy atom. The summed E-state index contributed by atoms with van der Waals surface area (Å²) in [6.07, 6.45) is 1.32. The molecule has 1 amide bonds. The zero-order valence-corrected chi connectivity index (χ0v) is 9.79. The predicted octanol–water partition coefficient (Wildman–Crippen LogP) is 2.56. The first-order chi connectivity index (χ1) is 7.31. The van der Waals surface area contributed by atoms with Crippen molar-refractivity contribution in [2.24, 2.45) is 0 Å². The maximum Gasteiger partial charge on any atom is 0.265 e. The summed E-state index contributed by atoms with van der Waals surface area (Å²) < 4.78 is 5.61. The van der Waals surface area contributed by atoms with Gasteiger partial charge in [0.05, 0.1) is 5.69 Å². The standard InChI is InChI=1S/C11H12BrNO2/c12-7-3-6-10-11(14)13-8-4-1-2-5-9(8)15-10/h1-2,4-5,10H,3,6-7H2,(H,13,14). The number of rotatable bonds is 3. The maximum atomic E-state index is 11.6. The van der Waals surface area contributed by atoms with Gasteiger partial charge < -0.3 is 10.1 Å². The van der Waals surface area contributed by atoms with Crippen molar-refractivity contribution < 1.29 is 9.53 Å². The number of ether oxygens (including phenoxy) is 1. The van der Waals surface area contributed by atoms with E-state index < -0.39 is 0 Å². The molecule has 0 saturated carbocycles. The molecule has 0 spiro atoms. The van der Waals surface area contributed by atoms with Crippen LogP contribution in [0.25, 0.3) is 0 Å². The molecule has 1 atom stereocenters. The molecule has 1 aliphatic heterocycles. The summed E-state index contributed by atoms with van der Waals surface area (Å²) in [5.41, 5.74) is 0.762. The fourth-order valence-corrected chi connectivity index (χ4v) is 1.87. The Morgan fingerprint density at radius 3 is 3.00 bits per heavy atom. The van der Waals surface area contributed by atoms with Gasteiger partial charge in [0.25, 0.3) is 5.91 Å². The summed E-state index contributed by atoms with van der Waals surface area (Å²) in [5.74, 6) is 0.714. The lowest BCUT2D eigenvalue weighted by Gasteiger charge is -2.25. The predicted molar refractivity (Wildman–Crippen MR) is 62.5 cm³/mol. The zero-order valence-electron chi connectivity index (χ0n) is 8.20. The molecule has 4 heteroatoms. The molecule has 0 radical (unpaired) electrons. The highest BCUT2D eigenvalue weighted by atomic mass is 79.9. The zero-order chi connectivity index (χ0) is 10.7. The van der Waals surface area contributed by atoms with Gasteiger partial charge in [-0.2, -0.15) is 0 Å². The Balaban J connectivity index is 2.11. The van der Waals surface area contributed by atoms with Gasteiger partial charge in [-0.25, -0.2) is 0 Å². The number of amides is 1. The summed E-state index contributed by atoms with van der Waals surface area (Å²) in [6, 6.07) is 7.49. The molecule has 0 bridgehead atoms. The topological polar surface area (TPSA) is 38.3 Å². The fraction of sp³-hybridized carbons (Fsp3) is 0.364. The molecule has 15 heavy (non-hydrogen) atoms. The Hall–Kier alpha value is -1.03. The number of para-hydroxylation sites is 2. The Bertz CT molecular complexity index is 367. The molecule has 1 N–H and O–H groups in total. The first kappa shape index (κ1) is 10.5. The van der Waals surface area contributed by atoms with Crippen molar-refractivity contribution in [3.05, 3.63) is 24.3 Å². The smallest absolute Gasteiger partial charge is 0.265 e. The summed E-state index contributed by atoms with van der Waals surface area (Å²) in [4.78, 5) is 11.6. The molecule has 0 saturated heterocycles. The summed E-state index contributed by atoms with van der Waals surface area (Å²) >= 11 is 3.34. The van der Waals surface area contributed by atoms with E-state index in [1.165, 1.54) is 0 Å². The number of halogens is 1. The molecule has 1 aromatic rings. The number of fused-ring (bicyclic) bond motifs is 1. The minimum Gasteiger partial charge on any atom is -0.478 e. The number of hydrogen-bond acceptors (Lipinski definition) is 2. The average Bonchev–Trinajstić information content (AvgIpc) is 2.26. The van der Waals surface area contributed by atoms with Crippen LogP contribution in [-0.2, 0) is 4.79 Å². The van der Waals surface area contributed by atoms with Gasteiger partial charge in [-0.3, -0.25) is 4.79 Å². The van der Waals surface area contributed by atoms with Gasteiger partial charge in [-0.1, -0.05) is 28.1 Å². The van der Waals surface area contributed by atoms with Crippen molar-refractivity contribution in [3.63, 3.8) is 0 Å². The van der Waals surface area contributed by atoms with Crippen molar-refractivity contribution in [3.8, 4) is 5.75 Å². The van der Waals surface area contributed by atoms with Crippen LogP contribution >= 0.6 is 15.9 Å². The van der Waals surface area contributed by atoms with E-state index in [0.717, 1.165) is 29.6 Å². The second kappa shape index (κ2) is 4.66. The number of anilines is 1. The van der Waals surface area contributed by atoms with Crippen LogP contribution < -0.4 is 10.1 Å². The number of benzene rings is 1. The van der Waals surface area contributed by atoms with Crippen LogP contribution in [0.3, 0.4) is 0 Å². The van der Waals surface area contributed by atoms with Crippen LogP contribution in [0.15, 0.2) is 24.3 Å². The molecule has 1 heterocycles. The molecule has 2 rings (SSSR count). The van der Waals surface area contributed by atoms with Crippen molar-refractivity contribution >= 4 is 27.5 Å². The van der Waals surface area contributed by atoms with Gasteiger partial charge >= 0.3 is 0 Å². The molecule has 0 aromatic heterocycles. The normalized spacial score (nSPS) is 19.0. The SMILES string of the molecule is O=C1Nc2ccccc2OC1CCCBr. The first-order valence-electron chi connectivity index (χ1n) is 4.94. The van der Waals surface area contributed by atoms with E-state index in [1.54, 1.807) is 0 Å². The summed E-state index contributed by atoms with van der Waals surface area (Å²) in [7, 11) is 0. The molecule has 0 fully saturated rings. The van der Waals surface area contributed by atoms with Gasteiger partial charge in [0.1, 0.15) is 5.75 Å². The maximum absolute atomic E-state index is 11.6.